The van der Waals surface area contributed by atoms with Crippen LogP contribution in [0.3, 0.4) is 0 Å². The molecule has 0 fully saturated rings. The summed E-state index contributed by atoms with van der Waals surface area (Å²) in [4.78, 5) is 22.7. The summed E-state index contributed by atoms with van der Waals surface area (Å²) in [7, 11) is 2.54. The number of esters is 2. The molecule has 0 aliphatic carbocycles. The van der Waals surface area contributed by atoms with Gasteiger partial charge in [-0.05, 0) is 17.7 Å². The zero-order chi connectivity index (χ0) is 15.0. The maximum Gasteiger partial charge on any atom is 0.334 e. The molecular weight excluding hydrogens is 324 g/mol. The van der Waals surface area contributed by atoms with Crippen LogP contribution in [0.15, 0.2) is 46.5 Å². The minimum atomic E-state index is -0.546. The van der Waals surface area contributed by atoms with E-state index in [9.17, 15) is 9.59 Å². The number of benzene rings is 1. The van der Waals surface area contributed by atoms with Gasteiger partial charge in [-0.1, -0.05) is 46.3 Å². The number of rotatable bonds is 5. The highest BCUT2D eigenvalue weighted by Gasteiger charge is 2.13. The fourth-order valence-corrected chi connectivity index (χ4v) is 1.67. The average Bonchev–Trinajstić information content (AvgIpc) is 2.47. The van der Waals surface area contributed by atoms with Crippen LogP contribution >= 0.6 is 15.9 Å². The van der Waals surface area contributed by atoms with E-state index in [1.807, 2.05) is 30.3 Å². The van der Waals surface area contributed by atoms with Crippen molar-refractivity contribution in [3.8, 4) is 0 Å². The standard InChI is InChI=1S/C15H15BrO4/c1-19-14(17)10-12(15(18)20-2)5-3-4-11-6-8-13(16)9-7-11/h3-9H,10H2,1-2H3/b4-3+,12-5+. The smallest absolute Gasteiger partial charge is 0.334 e. The van der Waals surface area contributed by atoms with Crippen molar-refractivity contribution in [3.05, 3.63) is 52.0 Å². The quantitative estimate of drug-likeness (QED) is 0.470. The molecule has 0 N–H and O–H groups in total. The van der Waals surface area contributed by atoms with Crippen molar-refractivity contribution in [3.63, 3.8) is 0 Å². The molecule has 0 aliphatic rings. The van der Waals surface area contributed by atoms with Crippen molar-refractivity contribution in [1.82, 2.24) is 0 Å². The molecule has 0 radical (unpaired) electrons. The molecule has 0 atom stereocenters. The Morgan fingerprint density at radius 3 is 2.35 bits per heavy atom. The van der Waals surface area contributed by atoms with Crippen molar-refractivity contribution in [2.24, 2.45) is 0 Å². The van der Waals surface area contributed by atoms with Crippen LogP contribution in [-0.2, 0) is 19.1 Å². The van der Waals surface area contributed by atoms with E-state index in [4.69, 9.17) is 0 Å². The van der Waals surface area contributed by atoms with Crippen molar-refractivity contribution in [2.45, 2.75) is 6.42 Å². The maximum atomic E-state index is 11.5. The number of halogens is 1. The zero-order valence-electron chi connectivity index (χ0n) is 11.3. The Hall–Kier alpha value is -1.88. The highest BCUT2D eigenvalue weighted by molar-refractivity contribution is 9.10. The average molecular weight is 339 g/mol. The first-order valence-electron chi connectivity index (χ1n) is 5.84. The van der Waals surface area contributed by atoms with Gasteiger partial charge in [0.1, 0.15) is 0 Å². The van der Waals surface area contributed by atoms with E-state index in [1.54, 1.807) is 12.2 Å². The minimum absolute atomic E-state index is 0.117. The predicted octanol–water partition coefficient (Wildman–Crippen LogP) is 3.12. The van der Waals surface area contributed by atoms with E-state index in [-0.39, 0.29) is 12.0 Å². The van der Waals surface area contributed by atoms with Gasteiger partial charge >= 0.3 is 11.9 Å². The van der Waals surface area contributed by atoms with Crippen LogP contribution < -0.4 is 0 Å². The fraction of sp³-hybridized carbons (Fsp3) is 0.200. The summed E-state index contributed by atoms with van der Waals surface area (Å²) in [6, 6.07) is 7.68. The molecule has 0 bridgehead atoms. The summed E-state index contributed by atoms with van der Waals surface area (Å²) in [6.45, 7) is 0. The van der Waals surface area contributed by atoms with Gasteiger partial charge in [0.2, 0.25) is 0 Å². The van der Waals surface area contributed by atoms with Gasteiger partial charge in [-0.25, -0.2) is 4.79 Å². The second-order valence-electron chi connectivity index (χ2n) is 3.85. The van der Waals surface area contributed by atoms with E-state index in [0.29, 0.717) is 0 Å². The molecule has 0 aliphatic heterocycles. The Morgan fingerprint density at radius 1 is 1.15 bits per heavy atom. The van der Waals surface area contributed by atoms with Gasteiger partial charge in [0.25, 0.3) is 0 Å². The van der Waals surface area contributed by atoms with E-state index in [1.165, 1.54) is 14.2 Å². The van der Waals surface area contributed by atoms with Crippen molar-refractivity contribution in [2.75, 3.05) is 14.2 Å². The molecule has 0 saturated carbocycles. The van der Waals surface area contributed by atoms with Crippen LogP contribution in [0.1, 0.15) is 12.0 Å². The number of methoxy groups -OCH3 is 2. The van der Waals surface area contributed by atoms with Crippen LogP contribution in [-0.4, -0.2) is 26.2 Å². The van der Waals surface area contributed by atoms with Gasteiger partial charge in [-0.3, -0.25) is 4.79 Å². The lowest BCUT2D eigenvalue weighted by molar-refractivity contribution is -0.143. The van der Waals surface area contributed by atoms with Crippen LogP contribution in [0.5, 0.6) is 0 Å². The van der Waals surface area contributed by atoms with Gasteiger partial charge in [0, 0.05) is 10.0 Å². The number of carbonyl (C=O) groups excluding carboxylic acids is 2. The SMILES string of the molecule is COC(=O)C/C(=C\C=C\c1ccc(Br)cc1)C(=O)OC. The minimum Gasteiger partial charge on any atom is -0.469 e. The van der Waals surface area contributed by atoms with E-state index in [0.717, 1.165) is 10.0 Å². The number of hydrogen-bond acceptors (Lipinski definition) is 4. The topological polar surface area (TPSA) is 52.6 Å². The number of carbonyl (C=O) groups is 2. The summed E-state index contributed by atoms with van der Waals surface area (Å²) in [5.41, 5.74) is 1.22. The normalized spacial score (nSPS) is 11.4. The van der Waals surface area contributed by atoms with Crippen LogP contribution in [0, 0.1) is 0 Å². The molecule has 106 valence electrons. The van der Waals surface area contributed by atoms with Crippen LogP contribution in [0.25, 0.3) is 6.08 Å². The Balaban J connectivity index is 2.82. The molecule has 0 heterocycles. The van der Waals surface area contributed by atoms with Crippen molar-refractivity contribution < 1.29 is 19.1 Å². The molecule has 20 heavy (non-hydrogen) atoms. The highest BCUT2D eigenvalue weighted by atomic mass is 79.9. The molecule has 1 rings (SSSR count). The summed E-state index contributed by atoms with van der Waals surface area (Å²) in [5, 5.41) is 0. The van der Waals surface area contributed by atoms with Gasteiger partial charge < -0.3 is 9.47 Å². The predicted molar refractivity (Wildman–Crippen MR) is 79.9 cm³/mol. The Bertz CT molecular complexity index is 529. The van der Waals surface area contributed by atoms with Gasteiger partial charge in [0.05, 0.1) is 20.6 Å². The molecule has 0 aromatic heterocycles. The molecule has 0 saturated heterocycles. The lowest BCUT2D eigenvalue weighted by Gasteiger charge is -2.02. The molecular formula is C15H15BrO4. The summed E-state index contributed by atoms with van der Waals surface area (Å²) in [6.07, 6.45) is 4.95. The molecule has 4 nitrogen and oxygen atoms in total. The van der Waals surface area contributed by atoms with E-state index < -0.39 is 11.9 Å². The molecule has 0 amide bonds. The molecule has 0 spiro atoms. The third-order valence-electron chi connectivity index (χ3n) is 2.47. The van der Waals surface area contributed by atoms with Crippen LogP contribution in [0.4, 0.5) is 0 Å². The lowest BCUT2D eigenvalue weighted by Crippen LogP contribution is -2.10. The summed E-state index contributed by atoms with van der Waals surface area (Å²) < 4.78 is 10.1. The maximum absolute atomic E-state index is 11.5. The molecule has 0 unspecified atom stereocenters. The second-order valence-corrected chi connectivity index (χ2v) is 4.76. The van der Waals surface area contributed by atoms with Gasteiger partial charge in [0.15, 0.2) is 0 Å². The number of allylic oxidation sites excluding steroid dienone is 2. The third-order valence-corrected chi connectivity index (χ3v) is 2.99. The third kappa shape index (κ3) is 5.40. The largest absolute Gasteiger partial charge is 0.469 e. The fourth-order valence-electron chi connectivity index (χ4n) is 1.41. The van der Waals surface area contributed by atoms with Crippen LogP contribution in [0.2, 0.25) is 0 Å². The lowest BCUT2D eigenvalue weighted by atomic mass is 10.1. The first-order chi connectivity index (χ1) is 9.56. The molecule has 1 aromatic carbocycles. The van der Waals surface area contributed by atoms with Crippen molar-refractivity contribution in [1.29, 1.82) is 0 Å². The Labute approximate surface area is 126 Å². The van der Waals surface area contributed by atoms with Gasteiger partial charge in [-0.2, -0.15) is 0 Å². The van der Waals surface area contributed by atoms with Crippen molar-refractivity contribution >= 4 is 33.9 Å². The summed E-state index contributed by atoms with van der Waals surface area (Å²) in [5.74, 6) is -1.03. The number of ether oxygens (including phenoxy) is 2. The Kier molecular flexibility index (Phi) is 6.73. The number of hydrogen-bond donors (Lipinski definition) is 0. The molecule has 5 heteroatoms. The second kappa shape index (κ2) is 8.32. The highest BCUT2D eigenvalue weighted by Crippen LogP contribution is 2.12. The first kappa shape index (κ1) is 16.2. The summed E-state index contributed by atoms with van der Waals surface area (Å²) >= 11 is 3.35. The first-order valence-corrected chi connectivity index (χ1v) is 6.64. The molecule has 1 aromatic rings. The van der Waals surface area contributed by atoms with Gasteiger partial charge in [-0.15, -0.1) is 0 Å². The monoisotopic (exact) mass is 338 g/mol. The zero-order valence-corrected chi connectivity index (χ0v) is 12.8. The van der Waals surface area contributed by atoms with E-state index in [2.05, 4.69) is 25.4 Å². The van der Waals surface area contributed by atoms with E-state index >= 15 is 0 Å². The Morgan fingerprint density at radius 2 is 1.80 bits per heavy atom.